The van der Waals surface area contributed by atoms with E-state index < -0.39 is 0 Å². The maximum Gasteiger partial charge on any atom is 0.0662 e. The molecule has 1 rings (SSSR count). The molecule has 4 heteroatoms. The van der Waals surface area contributed by atoms with E-state index in [1.807, 2.05) is 18.4 Å². The summed E-state index contributed by atoms with van der Waals surface area (Å²) in [5, 5.41) is 15.1. The summed E-state index contributed by atoms with van der Waals surface area (Å²) >= 11 is 7.40. The van der Waals surface area contributed by atoms with Gasteiger partial charge in [-0.25, -0.2) is 0 Å². The standard InChI is InChI=1S/C9H14ClNOS/c1-2-8(12)4-11-5-9-3-7(10)6-13-9/h3,6,8,11-12H,2,4-5H2,1H3. The molecule has 0 aliphatic carbocycles. The molecule has 0 aliphatic rings. The van der Waals surface area contributed by atoms with Crippen LogP contribution in [0.4, 0.5) is 0 Å². The summed E-state index contributed by atoms with van der Waals surface area (Å²) in [7, 11) is 0. The van der Waals surface area contributed by atoms with Gasteiger partial charge in [0.25, 0.3) is 0 Å². The van der Waals surface area contributed by atoms with Crippen molar-refractivity contribution in [2.75, 3.05) is 6.54 Å². The Morgan fingerprint density at radius 1 is 1.69 bits per heavy atom. The lowest BCUT2D eigenvalue weighted by molar-refractivity contribution is 0.167. The third-order valence-electron chi connectivity index (χ3n) is 1.77. The van der Waals surface area contributed by atoms with Crippen molar-refractivity contribution in [2.45, 2.75) is 26.0 Å². The van der Waals surface area contributed by atoms with Gasteiger partial charge in [0, 0.05) is 23.3 Å². The summed E-state index contributed by atoms with van der Waals surface area (Å²) in [4.78, 5) is 1.20. The molecule has 1 heterocycles. The van der Waals surface area contributed by atoms with Gasteiger partial charge in [-0.2, -0.15) is 0 Å². The zero-order valence-corrected chi connectivity index (χ0v) is 9.16. The molecule has 0 radical (unpaired) electrons. The van der Waals surface area contributed by atoms with Gasteiger partial charge < -0.3 is 10.4 Å². The SMILES string of the molecule is CCC(O)CNCc1cc(Cl)cs1. The molecular weight excluding hydrogens is 206 g/mol. The quantitative estimate of drug-likeness (QED) is 0.797. The Balaban J connectivity index is 2.20. The second-order valence-corrected chi connectivity index (χ2v) is 4.36. The number of hydrogen-bond acceptors (Lipinski definition) is 3. The zero-order valence-electron chi connectivity index (χ0n) is 7.59. The molecule has 74 valence electrons. The lowest BCUT2D eigenvalue weighted by Gasteiger charge is -2.07. The molecule has 0 spiro atoms. The first-order valence-electron chi connectivity index (χ1n) is 4.34. The molecule has 1 aromatic rings. The number of nitrogens with one attached hydrogen (secondary N) is 1. The zero-order chi connectivity index (χ0) is 9.68. The van der Waals surface area contributed by atoms with Crippen LogP contribution in [0, 0.1) is 0 Å². The van der Waals surface area contributed by atoms with E-state index >= 15 is 0 Å². The van der Waals surface area contributed by atoms with Gasteiger partial charge in [0.15, 0.2) is 0 Å². The Kier molecular flexibility index (Phi) is 4.73. The predicted octanol–water partition coefficient (Wildman–Crippen LogP) is 2.26. The predicted molar refractivity (Wildman–Crippen MR) is 57.3 cm³/mol. The summed E-state index contributed by atoms with van der Waals surface area (Å²) in [6.07, 6.45) is 0.550. The highest BCUT2D eigenvalue weighted by molar-refractivity contribution is 7.10. The van der Waals surface area contributed by atoms with Crippen molar-refractivity contribution in [3.63, 3.8) is 0 Å². The molecule has 1 aromatic heterocycles. The van der Waals surface area contributed by atoms with Crippen LogP contribution in [-0.4, -0.2) is 17.8 Å². The highest BCUT2D eigenvalue weighted by atomic mass is 35.5. The molecule has 0 saturated heterocycles. The first kappa shape index (κ1) is 11.0. The Morgan fingerprint density at radius 3 is 3.00 bits per heavy atom. The van der Waals surface area contributed by atoms with Gasteiger partial charge in [-0.3, -0.25) is 0 Å². The fraction of sp³-hybridized carbons (Fsp3) is 0.556. The highest BCUT2D eigenvalue weighted by Gasteiger charge is 2.00. The first-order chi connectivity index (χ1) is 6.22. The van der Waals surface area contributed by atoms with Crippen LogP contribution in [0.2, 0.25) is 5.02 Å². The summed E-state index contributed by atoms with van der Waals surface area (Å²) in [6, 6.07) is 1.94. The second-order valence-electron chi connectivity index (χ2n) is 2.92. The van der Waals surface area contributed by atoms with Crippen molar-refractivity contribution < 1.29 is 5.11 Å². The van der Waals surface area contributed by atoms with Crippen LogP contribution >= 0.6 is 22.9 Å². The van der Waals surface area contributed by atoms with E-state index in [4.69, 9.17) is 11.6 Å². The van der Waals surface area contributed by atoms with Crippen molar-refractivity contribution in [3.05, 3.63) is 21.3 Å². The minimum Gasteiger partial charge on any atom is -0.392 e. The van der Waals surface area contributed by atoms with Crippen LogP contribution in [0.1, 0.15) is 18.2 Å². The number of aliphatic hydroxyl groups excluding tert-OH is 1. The van der Waals surface area contributed by atoms with Crippen molar-refractivity contribution in [3.8, 4) is 0 Å². The molecule has 2 nitrogen and oxygen atoms in total. The highest BCUT2D eigenvalue weighted by Crippen LogP contribution is 2.18. The average molecular weight is 220 g/mol. The maximum atomic E-state index is 9.26. The third kappa shape index (κ3) is 4.09. The number of aliphatic hydroxyl groups is 1. The number of hydrogen-bond donors (Lipinski definition) is 2. The van der Waals surface area contributed by atoms with Crippen LogP contribution in [-0.2, 0) is 6.54 Å². The summed E-state index contributed by atoms with van der Waals surface area (Å²) in [5.41, 5.74) is 0. The van der Waals surface area contributed by atoms with Gasteiger partial charge in [0.05, 0.1) is 11.1 Å². The topological polar surface area (TPSA) is 32.3 Å². The normalized spacial score (nSPS) is 13.2. The number of halogens is 1. The Morgan fingerprint density at radius 2 is 2.46 bits per heavy atom. The van der Waals surface area contributed by atoms with E-state index in [1.54, 1.807) is 11.3 Å². The Bertz CT molecular complexity index is 252. The van der Waals surface area contributed by atoms with E-state index in [1.165, 1.54) is 4.88 Å². The molecule has 2 N–H and O–H groups in total. The minimum atomic E-state index is -0.240. The third-order valence-corrected chi connectivity index (χ3v) is 3.06. The first-order valence-corrected chi connectivity index (χ1v) is 5.59. The van der Waals surface area contributed by atoms with E-state index in [2.05, 4.69) is 5.32 Å². The molecule has 1 unspecified atom stereocenters. The minimum absolute atomic E-state index is 0.240. The lowest BCUT2D eigenvalue weighted by Crippen LogP contribution is -2.25. The summed E-state index contributed by atoms with van der Waals surface area (Å²) in [5.74, 6) is 0. The van der Waals surface area contributed by atoms with E-state index in [9.17, 15) is 5.11 Å². The molecule has 0 amide bonds. The van der Waals surface area contributed by atoms with E-state index in [-0.39, 0.29) is 6.10 Å². The number of rotatable bonds is 5. The van der Waals surface area contributed by atoms with Crippen LogP contribution in [0.15, 0.2) is 11.4 Å². The van der Waals surface area contributed by atoms with Gasteiger partial charge in [-0.1, -0.05) is 18.5 Å². The van der Waals surface area contributed by atoms with E-state index in [0.717, 1.165) is 18.0 Å². The van der Waals surface area contributed by atoms with Crippen LogP contribution < -0.4 is 5.32 Å². The lowest BCUT2D eigenvalue weighted by atomic mass is 10.3. The van der Waals surface area contributed by atoms with Gasteiger partial charge in [0.2, 0.25) is 0 Å². The molecule has 0 fully saturated rings. The summed E-state index contributed by atoms with van der Waals surface area (Å²) in [6.45, 7) is 3.40. The molecular formula is C9H14ClNOS. The van der Waals surface area contributed by atoms with Gasteiger partial charge in [0.1, 0.15) is 0 Å². The molecule has 1 atom stereocenters. The maximum absolute atomic E-state index is 9.26. The fourth-order valence-electron chi connectivity index (χ4n) is 0.953. The molecule has 13 heavy (non-hydrogen) atoms. The van der Waals surface area contributed by atoms with Crippen LogP contribution in [0.5, 0.6) is 0 Å². The largest absolute Gasteiger partial charge is 0.392 e. The van der Waals surface area contributed by atoms with Gasteiger partial charge in [-0.15, -0.1) is 11.3 Å². The molecule has 0 aromatic carbocycles. The smallest absolute Gasteiger partial charge is 0.0662 e. The summed E-state index contributed by atoms with van der Waals surface area (Å²) < 4.78 is 0. The van der Waals surface area contributed by atoms with Crippen molar-refractivity contribution >= 4 is 22.9 Å². The van der Waals surface area contributed by atoms with Crippen LogP contribution in [0.3, 0.4) is 0 Å². The molecule has 0 aliphatic heterocycles. The van der Waals surface area contributed by atoms with Gasteiger partial charge in [-0.05, 0) is 12.5 Å². The fourth-order valence-corrected chi connectivity index (χ4v) is 2.00. The molecule has 0 bridgehead atoms. The Hall–Kier alpha value is -0.0900. The van der Waals surface area contributed by atoms with E-state index in [0.29, 0.717) is 6.54 Å². The number of thiophene rings is 1. The van der Waals surface area contributed by atoms with Crippen molar-refractivity contribution in [2.24, 2.45) is 0 Å². The van der Waals surface area contributed by atoms with Crippen molar-refractivity contribution in [1.82, 2.24) is 5.32 Å². The second kappa shape index (κ2) is 5.60. The van der Waals surface area contributed by atoms with Crippen LogP contribution in [0.25, 0.3) is 0 Å². The molecule has 0 saturated carbocycles. The monoisotopic (exact) mass is 219 g/mol. The Labute approximate surface area is 87.5 Å². The van der Waals surface area contributed by atoms with Gasteiger partial charge >= 0.3 is 0 Å². The average Bonchev–Trinajstić information content (AvgIpc) is 2.51. The van der Waals surface area contributed by atoms with Crippen molar-refractivity contribution in [1.29, 1.82) is 0 Å².